The van der Waals surface area contributed by atoms with Gasteiger partial charge in [-0.2, -0.15) is 0 Å². The zero-order chi connectivity index (χ0) is 22.8. The number of hydrogen-bond donors (Lipinski definition) is 1. The van der Waals surface area contributed by atoms with Crippen LogP contribution in [0.3, 0.4) is 0 Å². The highest BCUT2D eigenvalue weighted by Crippen LogP contribution is 2.20. The van der Waals surface area contributed by atoms with E-state index in [1.807, 2.05) is 31.2 Å². The fourth-order valence-electron chi connectivity index (χ4n) is 4.01. The number of aryl methyl sites for hydroxylation is 2. The summed E-state index contributed by atoms with van der Waals surface area (Å²) >= 11 is 0. The monoisotopic (exact) mass is 440 g/mol. The molecule has 1 saturated heterocycles. The Morgan fingerprint density at radius 2 is 1.69 bits per heavy atom. The van der Waals surface area contributed by atoms with Crippen LogP contribution >= 0.6 is 0 Å². The summed E-state index contributed by atoms with van der Waals surface area (Å²) in [5.74, 6) is 0.120. The van der Waals surface area contributed by atoms with Crippen molar-refractivity contribution >= 4 is 5.97 Å². The van der Waals surface area contributed by atoms with Crippen LogP contribution in [0.4, 0.5) is 0 Å². The summed E-state index contributed by atoms with van der Waals surface area (Å²) in [5.41, 5.74) is 2.50. The van der Waals surface area contributed by atoms with Gasteiger partial charge in [0.15, 0.2) is 0 Å². The topological polar surface area (TPSA) is 62.2 Å². The standard InChI is InChI=1S/C26H36N2O4/c1-21(31-19-14-24(26(29)30)28-17-15-27(2)16-18-28)20-32-25-11-7-6-10-23(25)13-12-22-8-4-3-5-9-22/h3-11,21,24H,12-20H2,1-2H3,(H,29,30). The Hall–Kier alpha value is -2.41. The number of nitrogens with zero attached hydrogens (tertiary/aromatic N) is 2. The van der Waals surface area contributed by atoms with E-state index in [9.17, 15) is 9.90 Å². The van der Waals surface area contributed by atoms with Crippen molar-refractivity contribution in [1.82, 2.24) is 9.80 Å². The summed E-state index contributed by atoms with van der Waals surface area (Å²) in [5, 5.41) is 9.64. The SMILES string of the molecule is CC(COc1ccccc1CCc1ccccc1)OCCC(C(=O)O)N1CCN(C)CC1. The number of para-hydroxylation sites is 1. The maximum absolute atomic E-state index is 11.7. The number of hydrogen-bond acceptors (Lipinski definition) is 5. The summed E-state index contributed by atoms with van der Waals surface area (Å²) in [4.78, 5) is 16.0. The molecule has 1 fully saturated rings. The minimum absolute atomic E-state index is 0.112. The maximum atomic E-state index is 11.7. The molecule has 6 nitrogen and oxygen atoms in total. The van der Waals surface area contributed by atoms with Gasteiger partial charge >= 0.3 is 5.97 Å². The molecule has 3 rings (SSSR count). The third-order valence-electron chi connectivity index (χ3n) is 6.03. The largest absolute Gasteiger partial charge is 0.491 e. The van der Waals surface area contributed by atoms with Gasteiger partial charge in [-0.05, 0) is 50.4 Å². The number of rotatable bonds is 12. The number of carboxylic acid groups (broad SMARTS) is 1. The fourth-order valence-corrected chi connectivity index (χ4v) is 4.01. The molecule has 2 aromatic rings. The highest BCUT2D eigenvalue weighted by molar-refractivity contribution is 5.73. The van der Waals surface area contributed by atoms with Crippen LogP contribution in [0, 0.1) is 0 Å². The van der Waals surface area contributed by atoms with E-state index in [1.165, 1.54) is 11.1 Å². The predicted octanol–water partition coefficient (Wildman–Crippen LogP) is 3.35. The first-order valence-corrected chi connectivity index (χ1v) is 11.5. The van der Waals surface area contributed by atoms with Crippen molar-refractivity contribution in [2.75, 3.05) is 46.4 Å². The Morgan fingerprint density at radius 1 is 1.00 bits per heavy atom. The molecule has 2 unspecified atom stereocenters. The summed E-state index contributed by atoms with van der Waals surface area (Å²) in [6.45, 7) is 6.19. The van der Waals surface area contributed by atoms with E-state index >= 15 is 0 Å². The van der Waals surface area contributed by atoms with Gasteiger partial charge in [0, 0.05) is 32.8 Å². The molecule has 1 heterocycles. The highest BCUT2D eigenvalue weighted by atomic mass is 16.5. The quantitative estimate of drug-likeness (QED) is 0.546. The molecular formula is C26H36N2O4. The average Bonchev–Trinajstić information content (AvgIpc) is 2.81. The zero-order valence-corrected chi connectivity index (χ0v) is 19.3. The van der Waals surface area contributed by atoms with Crippen molar-refractivity contribution in [2.24, 2.45) is 0 Å². The number of carboxylic acids is 1. The van der Waals surface area contributed by atoms with Crippen LogP contribution in [-0.4, -0.2) is 79.5 Å². The van der Waals surface area contributed by atoms with Crippen molar-refractivity contribution in [3.63, 3.8) is 0 Å². The Balaban J connectivity index is 1.42. The van der Waals surface area contributed by atoms with Crippen LogP contribution in [-0.2, 0) is 22.4 Å². The molecule has 0 bridgehead atoms. The Bertz CT molecular complexity index is 822. The van der Waals surface area contributed by atoms with Gasteiger partial charge in [0.05, 0.1) is 6.10 Å². The van der Waals surface area contributed by atoms with Crippen LogP contribution in [0.1, 0.15) is 24.5 Å². The smallest absolute Gasteiger partial charge is 0.321 e. The van der Waals surface area contributed by atoms with Crippen molar-refractivity contribution < 1.29 is 19.4 Å². The molecular weight excluding hydrogens is 404 g/mol. The minimum Gasteiger partial charge on any atom is -0.491 e. The molecule has 0 aliphatic carbocycles. The first kappa shape index (κ1) is 24.2. The van der Waals surface area contributed by atoms with Gasteiger partial charge in [0.25, 0.3) is 0 Å². The highest BCUT2D eigenvalue weighted by Gasteiger charge is 2.27. The van der Waals surface area contributed by atoms with Crippen molar-refractivity contribution in [3.05, 3.63) is 65.7 Å². The molecule has 0 radical (unpaired) electrons. The van der Waals surface area contributed by atoms with Crippen molar-refractivity contribution in [1.29, 1.82) is 0 Å². The summed E-state index contributed by atoms with van der Waals surface area (Å²) in [7, 11) is 2.07. The summed E-state index contributed by atoms with van der Waals surface area (Å²) in [6.07, 6.45) is 2.26. The first-order chi connectivity index (χ1) is 15.5. The van der Waals surface area contributed by atoms with Gasteiger partial charge < -0.3 is 19.5 Å². The summed E-state index contributed by atoms with van der Waals surface area (Å²) in [6, 6.07) is 18.1. The molecule has 1 N–H and O–H groups in total. The van der Waals surface area contributed by atoms with E-state index in [4.69, 9.17) is 9.47 Å². The van der Waals surface area contributed by atoms with Crippen LogP contribution in [0.5, 0.6) is 5.75 Å². The van der Waals surface area contributed by atoms with Gasteiger partial charge in [-0.15, -0.1) is 0 Å². The van der Waals surface area contributed by atoms with Crippen molar-refractivity contribution in [3.8, 4) is 5.75 Å². The minimum atomic E-state index is -0.769. The second kappa shape index (κ2) is 12.6. The molecule has 2 atom stereocenters. The summed E-state index contributed by atoms with van der Waals surface area (Å²) < 4.78 is 12.0. The molecule has 32 heavy (non-hydrogen) atoms. The van der Waals surface area contributed by atoms with Crippen LogP contribution in [0.2, 0.25) is 0 Å². The normalized spacial score (nSPS) is 17.1. The van der Waals surface area contributed by atoms with Crippen LogP contribution in [0.25, 0.3) is 0 Å². The third-order valence-corrected chi connectivity index (χ3v) is 6.03. The molecule has 0 amide bonds. The van der Waals surface area contributed by atoms with E-state index < -0.39 is 12.0 Å². The second-order valence-corrected chi connectivity index (χ2v) is 8.57. The van der Waals surface area contributed by atoms with Gasteiger partial charge in [-0.1, -0.05) is 48.5 Å². The number of piperazine rings is 1. The van der Waals surface area contributed by atoms with E-state index in [1.54, 1.807) is 0 Å². The lowest BCUT2D eigenvalue weighted by Gasteiger charge is -2.36. The number of carbonyl (C=O) groups is 1. The van der Waals surface area contributed by atoms with Gasteiger partial charge in [0.1, 0.15) is 18.4 Å². The first-order valence-electron chi connectivity index (χ1n) is 11.5. The molecule has 0 aromatic heterocycles. The lowest BCUT2D eigenvalue weighted by Crippen LogP contribution is -2.52. The lowest BCUT2D eigenvalue weighted by molar-refractivity contribution is -0.145. The molecule has 0 saturated carbocycles. The predicted molar refractivity (Wildman–Crippen MR) is 126 cm³/mol. The Morgan fingerprint density at radius 3 is 2.41 bits per heavy atom. The van der Waals surface area contributed by atoms with Gasteiger partial charge in [0.2, 0.25) is 0 Å². The number of benzene rings is 2. The Labute approximate surface area is 191 Å². The van der Waals surface area contributed by atoms with Crippen LogP contribution in [0.15, 0.2) is 54.6 Å². The average molecular weight is 441 g/mol. The molecule has 0 spiro atoms. The molecule has 1 aliphatic heterocycles. The number of ether oxygens (including phenoxy) is 2. The fraction of sp³-hybridized carbons (Fsp3) is 0.500. The van der Waals surface area contributed by atoms with Gasteiger partial charge in [-0.3, -0.25) is 9.69 Å². The van der Waals surface area contributed by atoms with Crippen LogP contribution < -0.4 is 4.74 Å². The van der Waals surface area contributed by atoms with E-state index in [0.29, 0.717) is 19.6 Å². The zero-order valence-electron chi connectivity index (χ0n) is 19.3. The molecule has 1 aliphatic rings. The number of aliphatic carboxylic acids is 1. The van der Waals surface area contributed by atoms with E-state index in [2.05, 4.69) is 47.2 Å². The number of likely N-dealkylation sites (N-methyl/N-ethyl adjacent to an activating group) is 1. The molecule has 6 heteroatoms. The second-order valence-electron chi connectivity index (χ2n) is 8.57. The maximum Gasteiger partial charge on any atom is 0.321 e. The molecule has 2 aromatic carbocycles. The van der Waals surface area contributed by atoms with Gasteiger partial charge in [-0.25, -0.2) is 0 Å². The lowest BCUT2D eigenvalue weighted by atomic mass is 10.0. The van der Waals surface area contributed by atoms with E-state index in [-0.39, 0.29) is 6.10 Å². The van der Waals surface area contributed by atoms with Crippen molar-refractivity contribution in [2.45, 2.75) is 38.3 Å². The third kappa shape index (κ3) is 7.62. The molecule has 174 valence electrons. The van der Waals surface area contributed by atoms with E-state index in [0.717, 1.165) is 44.8 Å². The Kier molecular flexibility index (Phi) is 9.53.